The minimum Gasteiger partial charge on any atom is -0.495 e. The van der Waals surface area contributed by atoms with E-state index in [0.717, 1.165) is 22.3 Å². The minimum atomic E-state index is -0.114. The molecule has 0 atom stereocenters. The van der Waals surface area contributed by atoms with E-state index in [4.69, 9.17) is 16.3 Å². The number of carbonyl (C=O) groups is 2. The van der Waals surface area contributed by atoms with Gasteiger partial charge in [0.15, 0.2) is 0 Å². The molecule has 0 unspecified atom stereocenters. The average Bonchev–Trinajstić information content (AvgIpc) is 3.21. The van der Waals surface area contributed by atoms with Gasteiger partial charge in [0.2, 0.25) is 5.91 Å². The summed E-state index contributed by atoms with van der Waals surface area (Å²) in [5.41, 5.74) is 2.39. The topological polar surface area (TPSA) is 78.8 Å². The van der Waals surface area contributed by atoms with Crippen molar-refractivity contribution in [3.05, 3.63) is 59.2 Å². The van der Waals surface area contributed by atoms with Gasteiger partial charge in [-0.15, -0.1) is 0 Å². The number of ether oxygens (including phenoxy) is 1. The SMILES string of the molecule is CNCCNC(=O)Cn1cc(C(=O)N2CCN(c3ccccc3OC)CC2)c2ccc(Cl)cc21. The molecule has 34 heavy (non-hydrogen) atoms. The summed E-state index contributed by atoms with van der Waals surface area (Å²) in [5.74, 6) is 0.674. The summed E-state index contributed by atoms with van der Waals surface area (Å²) in [4.78, 5) is 30.0. The minimum absolute atomic E-state index is 0.0404. The second kappa shape index (κ2) is 10.8. The molecule has 1 saturated heterocycles. The van der Waals surface area contributed by atoms with Crippen LogP contribution in [0.25, 0.3) is 10.9 Å². The summed E-state index contributed by atoms with van der Waals surface area (Å²) in [6.07, 6.45) is 1.77. The molecule has 0 spiro atoms. The Morgan fingerprint density at radius 2 is 1.82 bits per heavy atom. The van der Waals surface area contributed by atoms with Crippen molar-refractivity contribution in [3.8, 4) is 5.75 Å². The molecule has 2 aromatic carbocycles. The third-order valence-corrected chi connectivity index (χ3v) is 6.31. The fraction of sp³-hybridized carbons (Fsp3) is 0.360. The normalized spacial score (nSPS) is 13.9. The Bertz CT molecular complexity index is 1170. The zero-order chi connectivity index (χ0) is 24.1. The van der Waals surface area contributed by atoms with Gasteiger partial charge in [0.1, 0.15) is 12.3 Å². The van der Waals surface area contributed by atoms with Crippen molar-refractivity contribution in [1.29, 1.82) is 0 Å². The first-order chi connectivity index (χ1) is 16.5. The molecule has 0 aliphatic carbocycles. The predicted molar refractivity (Wildman–Crippen MR) is 135 cm³/mol. The van der Waals surface area contributed by atoms with E-state index in [9.17, 15) is 9.59 Å². The quantitative estimate of drug-likeness (QED) is 0.481. The van der Waals surface area contributed by atoms with Crippen molar-refractivity contribution in [2.75, 3.05) is 58.3 Å². The summed E-state index contributed by atoms with van der Waals surface area (Å²) in [5, 5.41) is 7.23. The third kappa shape index (κ3) is 5.13. The van der Waals surface area contributed by atoms with Crippen molar-refractivity contribution >= 4 is 40.0 Å². The Labute approximate surface area is 204 Å². The number of halogens is 1. The fourth-order valence-corrected chi connectivity index (χ4v) is 4.48. The highest BCUT2D eigenvalue weighted by Gasteiger charge is 2.26. The first-order valence-corrected chi connectivity index (χ1v) is 11.8. The molecule has 2 heterocycles. The number of hydrogen-bond acceptors (Lipinski definition) is 5. The highest BCUT2D eigenvalue weighted by molar-refractivity contribution is 6.31. The van der Waals surface area contributed by atoms with Gasteiger partial charge in [-0.3, -0.25) is 9.59 Å². The first kappa shape index (κ1) is 23.9. The van der Waals surface area contributed by atoms with Gasteiger partial charge in [-0.25, -0.2) is 0 Å². The molecule has 2 amide bonds. The van der Waals surface area contributed by atoms with Crippen molar-refractivity contribution in [1.82, 2.24) is 20.1 Å². The van der Waals surface area contributed by atoms with Gasteiger partial charge in [-0.05, 0) is 31.3 Å². The van der Waals surface area contributed by atoms with Crippen molar-refractivity contribution in [2.45, 2.75) is 6.54 Å². The van der Waals surface area contributed by atoms with Crippen LogP contribution >= 0.6 is 11.6 Å². The Morgan fingerprint density at radius 1 is 1.06 bits per heavy atom. The number of amides is 2. The largest absolute Gasteiger partial charge is 0.495 e. The van der Waals surface area contributed by atoms with E-state index in [1.807, 2.05) is 42.3 Å². The predicted octanol–water partition coefficient (Wildman–Crippen LogP) is 2.60. The van der Waals surface area contributed by atoms with Crippen LogP contribution in [0.2, 0.25) is 5.02 Å². The maximum absolute atomic E-state index is 13.5. The maximum Gasteiger partial charge on any atom is 0.256 e. The first-order valence-electron chi connectivity index (χ1n) is 11.4. The molecule has 1 aliphatic heterocycles. The van der Waals surface area contributed by atoms with Crippen LogP contribution in [-0.4, -0.2) is 74.7 Å². The second-order valence-corrected chi connectivity index (χ2v) is 8.67. The molecule has 3 aromatic rings. The summed E-state index contributed by atoms with van der Waals surface area (Å²) in [7, 11) is 3.50. The Kier molecular flexibility index (Phi) is 7.59. The molecular weight excluding hydrogens is 454 g/mol. The Morgan fingerprint density at radius 3 is 2.56 bits per heavy atom. The van der Waals surface area contributed by atoms with Gasteiger partial charge >= 0.3 is 0 Å². The molecule has 180 valence electrons. The number of rotatable bonds is 8. The van der Waals surface area contributed by atoms with Gasteiger partial charge in [0, 0.05) is 55.9 Å². The summed E-state index contributed by atoms with van der Waals surface area (Å²) in [6, 6.07) is 13.4. The number of benzene rings is 2. The number of fused-ring (bicyclic) bond motifs is 1. The molecule has 1 fully saturated rings. The van der Waals surface area contributed by atoms with Gasteiger partial charge in [-0.1, -0.05) is 29.8 Å². The van der Waals surface area contributed by atoms with Gasteiger partial charge in [-0.2, -0.15) is 0 Å². The van der Waals surface area contributed by atoms with Crippen LogP contribution < -0.4 is 20.3 Å². The lowest BCUT2D eigenvalue weighted by Crippen LogP contribution is -2.48. The smallest absolute Gasteiger partial charge is 0.256 e. The number of anilines is 1. The highest BCUT2D eigenvalue weighted by atomic mass is 35.5. The molecule has 1 aromatic heterocycles. The second-order valence-electron chi connectivity index (χ2n) is 8.24. The molecule has 0 saturated carbocycles. The van der Waals surface area contributed by atoms with E-state index in [0.29, 0.717) is 49.9 Å². The molecule has 2 N–H and O–H groups in total. The van der Waals surface area contributed by atoms with Crippen LogP contribution in [0, 0.1) is 0 Å². The van der Waals surface area contributed by atoms with Crippen LogP contribution in [0.3, 0.4) is 0 Å². The number of hydrogen-bond donors (Lipinski definition) is 2. The standard InChI is InChI=1S/C25H30ClN5O3/c1-27-9-10-28-24(32)17-31-16-20(19-8-7-18(26)15-22(19)31)25(33)30-13-11-29(12-14-30)21-5-3-4-6-23(21)34-2/h3-8,15-16,27H,9-14,17H2,1-2H3,(H,28,32). The van der Waals surface area contributed by atoms with Crippen LogP contribution in [0.1, 0.15) is 10.4 Å². The van der Waals surface area contributed by atoms with Crippen LogP contribution in [-0.2, 0) is 11.3 Å². The molecule has 4 rings (SSSR count). The lowest BCUT2D eigenvalue weighted by Gasteiger charge is -2.36. The number of carbonyl (C=O) groups excluding carboxylic acids is 2. The number of likely N-dealkylation sites (N-methyl/N-ethyl adjacent to an activating group) is 1. The molecule has 0 radical (unpaired) electrons. The maximum atomic E-state index is 13.5. The summed E-state index contributed by atoms with van der Waals surface area (Å²) < 4.78 is 7.29. The van der Waals surface area contributed by atoms with E-state index in [-0.39, 0.29) is 18.4 Å². The van der Waals surface area contributed by atoms with Crippen LogP contribution in [0.4, 0.5) is 5.69 Å². The van der Waals surface area contributed by atoms with Crippen molar-refractivity contribution < 1.29 is 14.3 Å². The van der Waals surface area contributed by atoms with Crippen molar-refractivity contribution in [2.24, 2.45) is 0 Å². The number of para-hydroxylation sites is 2. The average molecular weight is 484 g/mol. The molecule has 9 heteroatoms. The van der Waals surface area contributed by atoms with Crippen molar-refractivity contribution in [3.63, 3.8) is 0 Å². The zero-order valence-electron chi connectivity index (χ0n) is 19.5. The number of methoxy groups -OCH3 is 1. The summed E-state index contributed by atoms with van der Waals surface area (Å²) >= 11 is 6.23. The number of aromatic nitrogens is 1. The van der Waals surface area contributed by atoms with Gasteiger partial charge in [0.05, 0.1) is 23.9 Å². The van der Waals surface area contributed by atoms with Crippen LogP contribution in [0.5, 0.6) is 5.75 Å². The van der Waals surface area contributed by atoms with E-state index in [2.05, 4.69) is 15.5 Å². The van der Waals surface area contributed by atoms with E-state index < -0.39 is 0 Å². The number of nitrogens with one attached hydrogen (secondary N) is 2. The Hall–Kier alpha value is -3.23. The lowest BCUT2D eigenvalue weighted by molar-refractivity contribution is -0.121. The third-order valence-electron chi connectivity index (χ3n) is 6.08. The Balaban J connectivity index is 1.51. The highest BCUT2D eigenvalue weighted by Crippen LogP contribution is 2.30. The molecule has 0 bridgehead atoms. The number of piperazine rings is 1. The summed E-state index contributed by atoms with van der Waals surface area (Å²) in [6.45, 7) is 3.97. The monoisotopic (exact) mass is 483 g/mol. The fourth-order valence-electron chi connectivity index (χ4n) is 4.32. The zero-order valence-corrected chi connectivity index (χ0v) is 20.3. The van der Waals surface area contributed by atoms with Gasteiger partial charge in [0.25, 0.3) is 5.91 Å². The molecule has 1 aliphatic rings. The van der Waals surface area contributed by atoms with Gasteiger partial charge < -0.3 is 29.7 Å². The molecular formula is C25H30ClN5O3. The van der Waals surface area contributed by atoms with E-state index in [1.165, 1.54) is 0 Å². The molecule has 8 nitrogen and oxygen atoms in total. The van der Waals surface area contributed by atoms with Crippen LogP contribution in [0.15, 0.2) is 48.7 Å². The lowest BCUT2D eigenvalue weighted by atomic mass is 10.1. The van der Waals surface area contributed by atoms with E-state index >= 15 is 0 Å². The van der Waals surface area contributed by atoms with E-state index in [1.54, 1.807) is 30.0 Å². The number of nitrogens with zero attached hydrogens (tertiary/aromatic N) is 3.